The molecule has 0 fully saturated rings. The third kappa shape index (κ3) is 11.6. The van der Waals surface area contributed by atoms with Gasteiger partial charge in [0.1, 0.15) is 0 Å². The zero-order chi connectivity index (χ0) is 26.2. The van der Waals surface area contributed by atoms with E-state index in [1.54, 1.807) is 22.7 Å². The van der Waals surface area contributed by atoms with Gasteiger partial charge in [-0.25, -0.2) is 8.42 Å². The van der Waals surface area contributed by atoms with Crippen LogP contribution in [0.1, 0.15) is 126 Å². The van der Waals surface area contributed by atoms with Gasteiger partial charge in [0.05, 0.1) is 10.6 Å². The Balaban J connectivity index is 1.80. The molecule has 0 bridgehead atoms. The Morgan fingerprint density at radius 1 is 0.639 bits per heavy atom. The minimum atomic E-state index is -3.20. The number of thiophene rings is 2. The van der Waals surface area contributed by atoms with Crippen LogP contribution in [0.2, 0.25) is 0 Å². The van der Waals surface area contributed by atoms with Crippen molar-refractivity contribution >= 4 is 44.3 Å². The number of sulfone groups is 1. The predicted octanol–water partition coefficient (Wildman–Crippen LogP) is 11.2. The third-order valence-electron chi connectivity index (χ3n) is 6.84. The van der Waals surface area contributed by atoms with Gasteiger partial charge in [-0.15, -0.1) is 34.4 Å². The molecular formula is C30H50O2S4. The summed E-state index contributed by atoms with van der Waals surface area (Å²) in [6.45, 7) is 8.67. The number of unbranched alkanes of at least 4 members (excludes halogenated alkanes) is 14. The fraction of sp³-hybridized carbons (Fsp3) is 0.733. The smallest absolute Gasteiger partial charge is 0.179 e. The van der Waals surface area contributed by atoms with Gasteiger partial charge in [-0.3, -0.25) is 0 Å². The molecule has 0 aliphatic carbocycles. The van der Waals surface area contributed by atoms with E-state index in [2.05, 4.69) is 26.8 Å². The van der Waals surface area contributed by atoms with Crippen LogP contribution in [0, 0.1) is 13.8 Å². The first-order valence-electron chi connectivity index (χ1n) is 14.5. The van der Waals surface area contributed by atoms with Crippen LogP contribution in [0.5, 0.6) is 0 Å². The van der Waals surface area contributed by atoms with E-state index in [0.717, 1.165) is 29.0 Å². The summed E-state index contributed by atoms with van der Waals surface area (Å²) in [5.74, 6) is 1.45. The van der Waals surface area contributed by atoms with E-state index in [0.29, 0.717) is 4.90 Å². The van der Waals surface area contributed by atoms with E-state index in [-0.39, 0.29) is 5.75 Å². The van der Waals surface area contributed by atoms with Crippen LogP contribution in [-0.4, -0.2) is 19.9 Å². The highest BCUT2D eigenvalue weighted by Crippen LogP contribution is 2.41. The summed E-state index contributed by atoms with van der Waals surface area (Å²) in [4.78, 5) is 6.53. The zero-order valence-electron chi connectivity index (χ0n) is 23.3. The molecule has 0 unspecified atom stereocenters. The summed E-state index contributed by atoms with van der Waals surface area (Å²) in [5.41, 5.74) is 0. The quantitative estimate of drug-likeness (QED) is 0.111. The van der Waals surface area contributed by atoms with Crippen LogP contribution in [-0.2, 0) is 9.84 Å². The maximum absolute atomic E-state index is 13.1. The average molecular weight is 571 g/mol. The van der Waals surface area contributed by atoms with Crippen molar-refractivity contribution in [2.75, 3.05) is 11.5 Å². The second kappa shape index (κ2) is 18.1. The lowest BCUT2D eigenvalue weighted by molar-refractivity contribution is 0.572. The number of thioether (sulfide) groups is 1. The van der Waals surface area contributed by atoms with E-state index < -0.39 is 9.84 Å². The molecule has 2 rings (SSSR count). The second-order valence-corrected chi connectivity index (χ2v) is 15.9. The molecule has 0 atom stereocenters. The first-order valence-corrected chi connectivity index (χ1v) is 18.7. The molecule has 0 spiro atoms. The van der Waals surface area contributed by atoms with E-state index >= 15 is 0 Å². The molecule has 2 aromatic heterocycles. The topological polar surface area (TPSA) is 34.1 Å². The molecule has 0 N–H and O–H groups in total. The average Bonchev–Trinajstić information content (AvgIpc) is 3.42. The van der Waals surface area contributed by atoms with Gasteiger partial charge in [-0.05, 0) is 44.6 Å². The fourth-order valence-electron chi connectivity index (χ4n) is 4.58. The summed E-state index contributed by atoms with van der Waals surface area (Å²) in [6, 6.07) is 4.23. The van der Waals surface area contributed by atoms with Gasteiger partial charge in [0.15, 0.2) is 9.84 Å². The molecule has 6 heteroatoms. The summed E-state index contributed by atoms with van der Waals surface area (Å²) in [6.07, 6.45) is 20.2. The molecule has 36 heavy (non-hydrogen) atoms. The third-order valence-corrected chi connectivity index (χ3v) is 12.5. The highest BCUT2D eigenvalue weighted by atomic mass is 32.2. The summed E-state index contributed by atoms with van der Waals surface area (Å²) in [5, 5.41) is 0. The standard InChI is InChI=1S/C30H50O2S4/c1-5-7-9-11-13-15-17-19-21-33-27-23-28(34-25(27)3)29-24-30(26(4)35-29)36(31,32)22-20-18-16-14-12-10-8-6-2/h23-24H,5-22H2,1-4H3. The summed E-state index contributed by atoms with van der Waals surface area (Å²) >= 11 is 5.41. The van der Waals surface area contributed by atoms with Gasteiger partial charge in [0.2, 0.25) is 0 Å². The Labute approximate surface area is 235 Å². The molecule has 2 nitrogen and oxygen atoms in total. The molecule has 0 radical (unpaired) electrons. The van der Waals surface area contributed by atoms with Crippen LogP contribution < -0.4 is 0 Å². The molecule has 0 aliphatic heterocycles. The molecule has 0 saturated heterocycles. The maximum Gasteiger partial charge on any atom is 0.179 e. The van der Waals surface area contributed by atoms with E-state index in [4.69, 9.17) is 0 Å². The van der Waals surface area contributed by atoms with Crippen molar-refractivity contribution in [3.05, 3.63) is 21.9 Å². The van der Waals surface area contributed by atoms with Crippen molar-refractivity contribution in [1.29, 1.82) is 0 Å². The highest BCUT2D eigenvalue weighted by molar-refractivity contribution is 7.99. The van der Waals surface area contributed by atoms with Crippen LogP contribution in [0.3, 0.4) is 0 Å². The monoisotopic (exact) mass is 570 g/mol. The van der Waals surface area contributed by atoms with Crippen molar-refractivity contribution in [2.45, 2.75) is 140 Å². The molecule has 0 saturated carbocycles. The molecule has 0 amide bonds. The van der Waals surface area contributed by atoms with Gasteiger partial charge >= 0.3 is 0 Å². The summed E-state index contributed by atoms with van der Waals surface area (Å²) < 4.78 is 26.1. The Morgan fingerprint density at radius 3 is 1.69 bits per heavy atom. The maximum atomic E-state index is 13.1. The lowest BCUT2D eigenvalue weighted by Crippen LogP contribution is -2.07. The minimum Gasteiger partial charge on any atom is -0.224 e. The van der Waals surface area contributed by atoms with Gasteiger partial charge in [-0.2, -0.15) is 0 Å². The molecule has 206 valence electrons. The highest BCUT2D eigenvalue weighted by Gasteiger charge is 2.21. The lowest BCUT2D eigenvalue weighted by atomic mass is 10.1. The number of aryl methyl sites for hydroxylation is 2. The van der Waals surface area contributed by atoms with Crippen molar-refractivity contribution in [3.63, 3.8) is 0 Å². The van der Waals surface area contributed by atoms with Gasteiger partial charge in [-0.1, -0.05) is 104 Å². The molecular weight excluding hydrogens is 521 g/mol. The van der Waals surface area contributed by atoms with Gasteiger partial charge in [0, 0.05) is 24.4 Å². The Bertz CT molecular complexity index is 956. The second-order valence-electron chi connectivity index (χ2n) is 10.2. The molecule has 2 heterocycles. The van der Waals surface area contributed by atoms with Crippen LogP contribution in [0.25, 0.3) is 9.75 Å². The van der Waals surface area contributed by atoms with Crippen LogP contribution >= 0.6 is 34.4 Å². The van der Waals surface area contributed by atoms with E-state index in [1.807, 2.05) is 24.8 Å². The van der Waals surface area contributed by atoms with Crippen molar-refractivity contribution in [1.82, 2.24) is 0 Å². The largest absolute Gasteiger partial charge is 0.224 e. The van der Waals surface area contributed by atoms with Gasteiger partial charge < -0.3 is 0 Å². The predicted molar refractivity (Wildman–Crippen MR) is 165 cm³/mol. The Morgan fingerprint density at radius 2 is 1.11 bits per heavy atom. The van der Waals surface area contributed by atoms with Crippen LogP contribution in [0.4, 0.5) is 0 Å². The van der Waals surface area contributed by atoms with Crippen molar-refractivity contribution < 1.29 is 8.42 Å². The molecule has 0 aliphatic rings. The van der Waals surface area contributed by atoms with Gasteiger partial charge in [0.25, 0.3) is 0 Å². The summed E-state index contributed by atoms with van der Waals surface area (Å²) in [7, 11) is -3.20. The first-order chi connectivity index (χ1) is 17.4. The van der Waals surface area contributed by atoms with E-state index in [1.165, 1.54) is 104 Å². The SMILES string of the molecule is CCCCCCCCCCSc1cc(-c2cc(S(=O)(=O)CCCCCCCCCC)c(C)s2)sc1C. The van der Waals surface area contributed by atoms with E-state index in [9.17, 15) is 8.42 Å². The Kier molecular flexibility index (Phi) is 16.0. The molecule has 0 aromatic carbocycles. The Hall–Kier alpha value is -0.300. The minimum absolute atomic E-state index is 0.280. The van der Waals surface area contributed by atoms with Crippen molar-refractivity contribution in [2.24, 2.45) is 0 Å². The lowest BCUT2D eigenvalue weighted by Gasteiger charge is -2.04. The number of hydrogen-bond donors (Lipinski definition) is 0. The fourth-order valence-corrected chi connectivity index (χ4v) is 9.95. The normalized spacial score (nSPS) is 12.0. The number of rotatable bonds is 21. The number of hydrogen-bond acceptors (Lipinski definition) is 5. The van der Waals surface area contributed by atoms with Crippen molar-refractivity contribution in [3.8, 4) is 9.75 Å². The first kappa shape index (κ1) is 31.9. The van der Waals surface area contributed by atoms with Crippen LogP contribution in [0.15, 0.2) is 21.9 Å². The molecule has 2 aromatic rings. The zero-order valence-corrected chi connectivity index (χ0v) is 26.6.